The molecule has 0 bridgehead atoms. The molecule has 0 amide bonds. The summed E-state index contributed by atoms with van der Waals surface area (Å²) in [5.41, 5.74) is 7.21. The van der Waals surface area contributed by atoms with E-state index in [0.717, 1.165) is 18.5 Å². The molecule has 5 N–H and O–H groups in total. The Bertz CT molecular complexity index is 716. The third-order valence-corrected chi connectivity index (χ3v) is 4.27. The standard InChI is InChI=1S/C13H17N5O4/c14-11-7-8(5-1-2-5)17-18(12(7)16-4-15-11)13-10(21)9(20)6(3-19)22-13/h4-6,9-10,13,19-21H,1-3H2,(H2,14,15,16)/t6-,9-,10-,13-/m1/s1. The van der Waals surface area contributed by atoms with Gasteiger partial charge in [0.05, 0.1) is 17.7 Å². The Labute approximate surface area is 125 Å². The third-order valence-electron chi connectivity index (χ3n) is 4.27. The maximum absolute atomic E-state index is 10.2. The number of nitrogens with two attached hydrogens (primary N) is 1. The van der Waals surface area contributed by atoms with Crippen LogP contribution < -0.4 is 5.73 Å². The third kappa shape index (κ3) is 1.90. The molecular weight excluding hydrogens is 290 g/mol. The van der Waals surface area contributed by atoms with Crippen LogP contribution >= 0.6 is 0 Å². The highest BCUT2D eigenvalue weighted by molar-refractivity contribution is 5.88. The van der Waals surface area contributed by atoms with Crippen molar-refractivity contribution in [3.8, 4) is 0 Å². The van der Waals surface area contributed by atoms with E-state index in [4.69, 9.17) is 10.5 Å². The van der Waals surface area contributed by atoms with Gasteiger partial charge in [-0.15, -0.1) is 0 Å². The molecule has 1 aliphatic carbocycles. The van der Waals surface area contributed by atoms with E-state index >= 15 is 0 Å². The summed E-state index contributed by atoms with van der Waals surface area (Å²) in [5, 5.41) is 34.5. The summed E-state index contributed by atoms with van der Waals surface area (Å²) in [5.74, 6) is 0.652. The van der Waals surface area contributed by atoms with Crippen LogP contribution in [0.15, 0.2) is 6.33 Å². The van der Waals surface area contributed by atoms with E-state index in [1.807, 2.05) is 0 Å². The van der Waals surface area contributed by atoms with Gasteiger partial charge in [0.25, 0.3) is 0 Å². The Hall–Kier alpha value is -1.81. The fourth-order valence-corrected chi connectivity index (χ4v) is 2.92. The van der Waals surface area contributed by atoms with E-state index in [-0.39, 0.29) is 6.61 Å². The lowest BCUT2D eigenvalue weighted by molar-refractivity contribution is -0.0568. The summed E-state index contributed by atoms with van der Waals surface area (Å²) in [6.45, 7) is -0.388. The first kappa shape index (κ1) is 13.8. The zero-order valence-electron chi connectivity index (χ0n) is 11.7. The van der Waals surface area contributed by atoms with Crippen molar-refractivity contribution >= 4 is 16.9 Å². The smallest absolute Gasteiger partial charge is 0.181 e. The van der Waals surface area contributed by atoms with Gasteiger partial charge < -0.3 is 25.8 Å². The highest BCUT2D eigenvalue weighted by Gasteiger charge is 2.45. The van der Waals surface area contributed by atoms with Crippen LogP contribution in [0.3, 0.4) is 0 Å². The molecule has 2 aromatic rings. The first-order chi connectivity index (χ1) is 10.6. The second-order valence-corrected chi connectivity index (χ2v) is 5.79. The summed E-state index contributed by atoms with van der Waals surface area (Å²) in [4.78, 5) is 8.21. The topological polar surface area (TPSA) is 140 Å². The molecule has 0 radical (unpaired) electrons. The molecule has 2 fully saturated rings. The van der Waals surface area contributed by atoms with E-state index in [2.05, 4.69) is 15.1 Å². The number of rotatable bonds is 3. The molecule has 0 aromatic carbocycles. The molecule has 3 heterocycles. The van der Waals surface area contributed by atoms with Gasteiger partial charge in [-0.2, -0.15) is 5.10 Å². The second kappa shape index (κ2) is 4.85. The maximum atomic E-state index is 10.2. The molecule has 1 saturated carbocycles. The van der Waals surface area contributed by atoms with Gasteiger partial charge in [0, 0.05) is 5.92 Å². The first-order valence-corrected chi connectivity index (χ1v) is 7.23. The molecule has 1 saturated heterocycles. The molecule has 4 rings (SSSR count). The highest BCUT2D eigenvalue weighted by Crippen LogP contribution is 2.44. The Morgan fingerprint density at radius 1 is 1.27 bits per heavy atom. The normalized spacial score (nSPS) is 32.0. The number of aliphatic hydroxyl groups is 3. The van der Waals surface area contributed by atoms with Crippen LogP contribution in [0.2, 0.25) is 0 Å². The van der Waals surface area contributed by atoms with Gasteiger partial charge in [0.1, 0.15) is 30.5 Å². The monoisotopic (exact) mass is 307 g/mol. The van der Waals surface area contributed by atoms with Gasteiger partial charge in [-0.1, -0.05) is 0 Å². The Morgan fingerprint density at radius 2 is 2.05 bits per heavy atom. The highest BCUT2D eigenvalue weighted by atomic mass is 16.6. The molecule has 2 aliphatic rings. The van der Waals surface area contributed by atoms with Crippen molar-refractivity contribution in [3.05, 3.63) is 12.0 Å². The van der Waals surface area contributed by atoms with Crippen molar-refractivity contribution in [2.24, 2.45) is 0 Å². The van der Waals surface area contributed by atoms with E-state index < -0.39 is 24.5 Å². The largest absolute Gasteiger partial charge is 0.394 e. The van der Waals surface area contributed by atoms with Gasteiger partial charge in [0.2, 0.25) is 0 Å². The lowest BCUT2D eigenvalue weighted by Gasteiger charge is -2.15. The number of hydrogen-bond acceptors (Lipinski definition) is 8. The summed E-state index contributed by atoms with van der Waals surface area (Å²) >= 11 is 0. The number of aliphatic hydroxyl groups excluding tert-OH is 3. The Kier molecular flexibility index (Phi) is 3.05. The molecule has 0 spiro atoms. The fourth-order valence-electron chi connectivity index (χ4n) is 2.92. The Morgan fingerprint density at radius 3 is 2.68 bits per heavy atom. The number of nitrogens with zero attached hydrogens (tertiary/aromatic N) is 4. The molecule has 2 aromatic heterocycles. The van der Waals surface area contributed by atoms with Gasteiger partial charge in [-0.05, 0) is 12.8 Å². The summed E-state index contributed by atoms with van der Waals surface area (Å²) in [6.07, 6.45) is -0.791. The molecular formula is C13H17N5O4. The van der Waals surface area contributed by atoms with Gasteiger partial charge in [0.15, 0.2) is 11.9 Å². The molecule has 118 valence electrons. The van der Waals surface area contributed by atoms with E-state index in [0.29, 0.717) is 22.8 Å². The predicted molar refractivity (Wildman–Crippen MR) is 74.7 cm³/mol. The molecule has 0 unspecified atom stereocenters. The number of anilines is 1. The minimum Gasteiger partial charge on any atom is -0.394 e. The van der Waals surface area contributed by atoms with Crippen molar-refractivity contribution in [2.75, 3.05) is 12.3 Å². The van der Waals surface area contributed by atoms with Crippen LogP contribution in [-0.2, 0) is 4.74 Å². The van der Waals surface area contributed by atoms with Gasteiger partial charge >= 0.3 is 0 Å². The van der Waals surface area contributed by atoms with E-state index in [1.54, 1.807) is 0 Å². The Balaban J connectivity index is 1.84. The van der Waals surface area contributed by atoms with Crippen LogP contribution in [0.4, 0.5) is 5.82 Å². The molecule has 9 nitrogen and oxygen atoms in total. The molecule has 22 heavy (non-hydrogen) atoms. The van der Waals surface area contributed by atoms with Crippen molar-refractivity contribution in [1.29, 1.82) is 0 Å². The van der Waals surface area contributed by atoms with Crippen LogP contribution in [0.1, 0.15) is 30.7 Å². The van der Waals surface area contributed by atoms with Crippen molar-refractivity contribution in [2.45, 2.75) is 43.3 Å². The lowest BCUT2D eigenvalue weighted by Crippen LogP contribution is -2.33. The average molecular weight is 307 g/mol. The van der Waals surface area contributed by atoms with Crippen LogP contribution in [-0.4, -0.2) is 60.0 Å². The number of ether oxygens (including phenoxy) is 1. The SMILES string of the molecule is Nc1ncnc2c1c(C1CC1)nn2[C@@H]1O[C@H](CO)[C@@H](O)[C@H]1O. The zero-order chi connectivity index (χ0) is 15.4. The van der Waals surface area contributed by atoms with Crippen molar-refractivity contribution < 1.29 is 20.1 Å². The molecule has 4 atom stereocenters. The lowest BCUT2D eigenvalue weighted by atomic mass is 10.1. The van der Waals surface area contributed by atoms with E-state index in [1.165, 1.54) is 11.0 Å². The summed E-state index contributed by atoms with van der Waals surface area (Å²) in [7, 11) is 0. The average Bonchev–Trinajstić information content (AvgIpc) is 3.23. The summed E-state index contributed by atoms with van der Waals surface area (Å²) < 4.78 is 6.97. The zero-order valence-corrected chi connectivity index (χ0v) is 11.7. The number of nitrogen functional groups attached to an aromatic ring is 1. The van der Waals surface area contributed by atoms with Crippen LogP contribution in [0, 0.1) is 0 Å². The number of aromatic nitrogens is 4. The van der Waals surface area contributed by atoms with Gasteiger partial charge in [-0.25, -0.2) is 14.6 Å². The predicted octanol–water partition coefficient (Wildman–Crippen LogP) is -1.10. The van der Waals surface area contributed by atoms with Crippen molar-refractivity contribution in [3.63, 3.8) is 0 Å². The fraction of sp³-hybridized carbons (Fsp3) is 0.615. The minimum absolute atomic E-state index is 0.314. The minimum atomic E-state index is -1.21. The summed E-state index contributed by atoms with van der Waals surface area (Å²) in [6, 6.07) is 0. The molecule has 9 heteroatoms. The van der Waals surface area contributed by atoms with Crippen LogP contribution in [0.5, 0.6) is 0 Å². The first-order valence-electron chi connectivity index (χ1n) is 7.23. The molecule has 1 aliphatic heterocycles. The number of fused-ring (bicyclic) bond motifs is 1. The quantitative estimate of drug-likeness (QED) is 0.560. The second-order valence-electron chi connectivity index (χ2n) is 5.79. The van der Waals surface area contributed by atoms with Crippen LogP contribution in [0.25, 0.3) is 11.0 Å². The number of hydrogen-bond donors (Lipinski definition) is 4. The van der Waals surface area contributed by atoms with Gasteiger partial charge in [-0.3, -0.25) is 0 Å². The van der Waals surface area contributed by atoms with Crippen molar-refractivity contribution in [1.82, 2.24) is 19.7 Å². The maximum Gasteiger partial charge on any atom is 0.181 e. The van der Waals surface area contributed by atoms with E-state index in [9.17, 15) is 15.3 Å².